The molecule has 3 rings (SSSR count). The fourth-order valence-corrected chi connectivity index (χ4v) is 2.44. The van der Waals surface area contributed by atoms with E-state index < -0.39 is 5.79 Å². The molecule has 0 saturated carbocycles. The van der Waals surface area contributed by atoms with Crippen LogP contribution in [0.2, 0.25) is 0 Å². The molecule has 23 heavy (non-hydrogen) atoms. The van der Waals surface area contributed by atoms with Crippen molar-refractivity contribution < 1.29 is 4.39 Å². The van der Waals surface area contributed by atoms with Gasteiger partial charge in [-0.1, -0.05) is 24.3 Å². The van der Waals surface area contributed by atoms with Crippen LogP contribution in [0, 0.1) is 22.7 Å². The van der Waals surface area contributed by atoms with Gasteiger partial charge in [-0.15, -0.1) is 0 Å². The van der Waals surface area contributed by atoms with Crippen molar-refractivity contribution in [2.45, 2.75) is 5.79 Å². The van der Waals surface area contributed by atoms with Gasteiger partial charge in [0.05, 0.1) is 29.6 Å². The first kappa shape index (κ1) is 14.5. The van der Waals surface area contributed by atoms with Crippen LogP contribution in [0.1, 0.15) is 22.3 Å². The van der Waals surface area contributed by atoms with E-state index in [1.54, 1.807) is 48.5 Å². The predicted octanol–water partition coefficient (Wildman–Crippen LogP) is 3.35. The lowest BCUT2D eigenvalue weighted by molar-refractivity contribution is 0.176. The van der Waals surface area contributed by atoms with Crippen LogP contribution < -0.4 is 0 Å². The van der Waals surface area contributed by atoms with Gasteiger partial charge in [-0.25, -0.2) is 9.37 Å². The van der Waals surface area contributed by atoms with Gasteiger partial charge < -0.3 is 0 Å². The molecule has 4 nitrogen and oxygen atoms in total. The summed E-state index contributed by atoms with van der Waals surface area (Å²) >= 11 is 0. The lowest BCUT2D eigenvalue weighted by atomic mass is 9.94. The third-order valence-electron chi connectivity index (χ3n) is 3.65. The number of hydrogen-bond acceptors (Lipinski definition) is 3. The molecule has 0 amide bonds. The second-order valence-electron chi connectivity index (χ2n) is 4.97. The zero-order valence-electron chi connectivity index (χ0n) is 12.0. The van der Waals surface area contributed by atoms with Crippen molar-refractivity contribution in [2.24, 2.45) is 0 Å². The van der Waals surface area contributed by atoms with E-state index in [1.807, 2.05) is 12.1 Å². The molecule has 2 aromatic carbocycles. The summed E-state index contributed by atoms with van der Waals surface area (Å²) in [6.07, 6.45) is 4.44. The number of imidazole rings is 1. The van der Waals surface area contributed by atoms with Crippen molar-refractivity contribution in [1.29, 1.82) is 10.5 Å². The zero-order valence-corrected chi connectivity index (χ0v) is 12.0. The van der Waals surface area contributed by atoms with Crippen LogP contribution >= 0.6 is 0 Å². The van der Waals surface area contributed by atoms with Gasteiger partial charge in [0, 0.05) is 23.5 Å². The van der Waals surface area contributed by atoms with Gasteiger partial charge in [-0.2, -0.15) is 10.5 Å². The fraction of sp³-hybridized carbons (Fsp3) is 0.0556. The summed E-state index contributed by atoms with van der Waals surface area (Å²) in [5.41, 5.74) is 1.67. The van der Waals surface area contributed by atoms with E-state index in [1.165, 1.54) is 23.3 Å². The number of alkyl halides is 1. The summed E-state index contributed by atoms with van der Waals surface area (Å²) < 4.78 is 17.4. The smallest absolute Gasteiger partial charge is 0.239 e. The van der Waals surface area contributed by atoms with Gasteiger partial charge >= 0.3 is 0 Å². The molecule has 0 aliphatic carbocycles. The zero-order chi connectivity index (χ0) is 16.3. The highest BCUT2D eigenvalue weighted by Crippen LogP contribution is 2.35. The first-order valence-electron chi connectivity index (χ1n) is 6.87. The summed E-state index contributed by atoms with van der Waals surface area (Å²) in [5.74, 6) is -1.97. The lowest BCUT2D eigenvalue weighted by Gasteiger charge is -2.28. The molecular weight excluding hydrogens is 291 g/mol. The number of halogens is 1. The number of aromatic nitrogens is 2. The Balaban J connectivity index is 2.18. The number of benzene rings is 2. The largest absolute Gasteiger partial charge is 0.297 e. The number of nitriles is 2. The average Bonchev–Trinajstić information content (AvgIpc) is 3.16. The molecule has 0 aliphatic heterocycles. The Morgan fingerprint density at radius 1 is 0.870 bits per heavy atom. The Morgan fingerprint density at radius 2 is 1.35 bits per heavy atom. The van der Waals surface area contributed by atoms with Crippen LogP contribution in [0.4, 0.5) is 4.39 Å². The number of nitrogens with zero attached hydrogens (tertiary/aromatic N) is 4. The van der Waals surface area contributed by atoms with Gasteiger partial charge in [-0.05, 0) is 24.3 Å². The quantitative estimate of drug-likeness (QED) is 0.745. The highest BCUT2D eigenvalue weighted by atomic mass is 19.1. The van der Waals surface area contributed by atoms with Crippen LogP contribution in [0.5, 0.6) is 0 Å². The third-order valence-corrected chi connectivity index (χ3v) is 3.65. The summed E-state index contributed by atoms with van der Waals surface area (Å²) in [5, 5.41) is 17.8. The maximum Gasteiger partial charge on any atom is 0.239 e. The molecule has 5 heteroatoms. The first-order chi connectivity index (χ1) is 11.2. The predicted molar refractivity (Wildman–Crippen MR) is 81.8 cm³/mol. The van der Waals surface area contributed by atoms with E-state index in [4.69, 9.17) is 10.5 Å². The van der Waals surface area contributed by atoms with Crippen LogP contribution in [-0.2, 0) is 5.79 Å². The van der Waals surface area contributed by atoms with Gasteiger partial charge in [-0.3, -0.25) is 4.57 Å². The Morgan fingerprint density at radius 3 is 1.70 bits per heavy atom. The van der Waals surface area contributed by atoms with Crippen molar-refractivity contribution in [1.82, 2.24) is 9.55 Å². The summed E-state index contributed by atoms with van der Waals surface area (Å²) in [7, 11) is 0. The Hall–Kier alpha value is -3.44. The molecule has 1 heterocycles. The molecule has 0 saturated heterocycles. The molecule has 0 radical (unpaired) electrons. The van der Waals surface area contributed by atoms with E-state index in [0.717, 1.165) is 0 Å². The number of rotatable bonds is 3. The van der Waals surface area contributed by atoms with Crippen molar-refractivity contribution in [3.63, 3.8) is 0 Å². The average molecular weight is 302 g/mol. The molecule has 0 aliphatic rings. The monoisotopic (exact) mass is 302 g/mol. The SMILES string of the molecule is N#Cc1ccc(C(F)(c2ccc(C#N)cc2)n2ccnc2)cc1. The van der Waals surface area contributed by atoms with E-state index >= 15 is 4.39 Å². The molecule has 1 aromatic heterocycles. The van der Waals surface area contributed by atoms with E-state index in [2.05, 4.69) is 4.98 Å². The summed E-state index contributed by atoms with van der Waals surface area (Å²) in [4.78, 5) is 3.93. The molecule has 3 aromatic rings. The van der Waals surface area contributed by atoms with Crippen LogP contribution in [0.25, 0.3) is 0 Å². The van der Waals surface area contributed by atoms with Crippen molar-refractivity contribution in [3.8, 4) is 12.1 Å². The summed E-state index contributed by atoms with van der Waals surface area (Å²) in [6, 6.07) is 16.7. The molecule has 0 unspecified atom stereocenters. The highest BCUT2D eigenvalue weighted by Gasteiger charge is 2.36. The van der Waals surface area contributed by atoms with Crippen molar-refractivity contribution in [3.05, 3.63) is 89.5 Å². The maximum absolute atomic E-state index is 16.1. The van der Waals surface area contributed by atoms with Gasteiger partial charge in [0.1, 0.15) is 0 Å². The Kier molecular flexibility index (Phi) is 3.62. The normalized spacial score (nSPS) is 10.7. The minimum absolute atomic E-state index is 0.374. The van der Waals surface area contributed by atoms with Crippen molar-refractivity contribution in [2.75, 3.05) is 0 Å². The van der Waals surface area contributed by atoms with E-state index in [-0.39, 0.29) is 0 Å². The minimum atomic E-state index is -1.97. The Labute approximate surface area is 132 Å². The van der Waals surface area contributed by atoms with Crippen molar-refractivity contribution >= 4 is 0 Å². The van der Waals surface area contributed by atoms with Crippen LogP contribution in [-0.4, -0.2) is 9.55 Å². The summed E-state index contributed by atoms with van der Waals surface area (Å²) in [6.45, 7) is 0. The van der Waals surface area contributed by atoms with Crippen LogP contribution in [0.15, 0.2) is 67.3 Å². The molecule has 0 spiro atoms. The highest BCUT2D eigenvalue weighted by molar-refractivity contribution is 5.42. The van der Waals surface area contributed by atoms with Gasteiger partial charge in [0.25, 0.3) is 0 Å². The van der Waals surface area contributed by atoms with Gasteiger partial charge in [0.2, 0.25) is 5.79 Å². The minimum Gasteiger partial charge on any atom is -0.297 e. The topological polar surface area (TPSA) is 65.4 Å². The second kappa shape index (κ2) is 5.75. The molecule has 0 atom stereocenters. The lowest BCUT2D eigenvalue weighted by Crippen LogP contribution is -2.30. The maximum atomic E-state index is 16.1. The molecule has 0 fully saturated rings. The van der Waals surface area contributed by atoms with Crippen LogP contribution in [0.3, 0.4) is 0 Å². The molecule has 0 bridgehead atoms. The fourth-order valence-electron chi connectivity index (χ4n) is 2.44. The molecule has 110 valence electrons. The number of hydrogen-bond donors (Lipinski definition) is 0. The van der Waals surface area contributed by atoms with E-state index in [9.17, 15) is 0 Å². The van der Waals surface area contributed by atoms with Gasteiger partial charge in [0.15, 0.2) is 0 Å². The molecule has 0 N–H and O–H groups in total. The standard InChI is InChI=1S/C18H11FN4/c19-18(23-10-9-22-13-23,16-5-1-14(11-20)2-6-16)17-7-3-15(12-21)4-8-17/h1-10,13H. The van der Waals surface area contributed by atoms with E-state index in [0.29, 0.717) is 22.3 Å². The Bertz CT molecular complexity index is 825. The first-order valence-corrected chi connectivity index (χ1v) is 6.87. The second-order valence-corrected chi connectivity index (χ2v) is 4.97. The molecular formula is C18H11FN4. The third kappa shape index (κ3) is 2.45.